The molecule has 0 aliphatic carbocycles. The second kappa shape index (κ2) is 10.6. The third kappa shape index (κ3) is 5.83. The number of aromatic nitrogens is 1. The van der Waals surface area contributed by atoms with E-state index in [1.807, 2.05) is 0 Å². The summed E-state index contributed by atoms with van der Waals surface area (Å²) in [6, 6.07) is 10.5. The molecule has 0 bridgehead atoms. The van der Waals surface area contributed by atoms with Gasteiger partial charge in [0.1, 0.15) is 12.3 Å². The number of pyridine rings is 1. The molecule has 0 saturated carbocycles. The fourth-order valence-corrected chi connectivity index (χ4v) is 4.30. The Morgan fingerprint density at radius 1 is 1.14 bits per heavy atom. The van der Waals surface area contributed by atoms with E-state index in [4.69, 9.17) is 16.3 Å². The van der Waals surface area contributed by atoms with Crippen molar-refractivity contribution in [3.05, 3.63) is 74.7 Å². The van der Waals surface area contributed by atoms with Gasteiger partial charge in [-0.15, -0.1) is 11.3 Å². The number of hydrogen-bond donors (Lipinski definition) is 3. The number of anilines is 2. The zero-order chi connectivity index (χ0) is 24.9. The number of hydrogen-bond acceptors (Lipinski definition) is 7. The number of morpholine rings is 1. The lowest BCUT2D eigenvalue weighted by Gasteiger charge is -2.26. The molecule has 10 nitrogen and oxygen atoms in total. The van der Waals surface area contributed by atoms with Crippen LogP contribution in [0.5, 0.6) is 0 Å². The molecule has 0 atom stereocenters. The minimum absolute atomic E-state index is 0.0129. The molecule has 0 spiro atoms. The van der Waals surface area contributed by atoms with Crippen LogP contribution >= 0.6 is 22.9 Å². The topological polar surface area (TPSA) is 138 Å². The van der Waals surface area contributed by atoms with E-state index in [0.717, 1.165) is 11.3 Å². The lowest BCUT2D eigenvalue weighted by atomic mass is 10.1. The van der Waals surface area contributed by atoms with Gasteiger partial charge >= 0.3 is 5.97 Å². The smallest absolute Gasteiger partial charge is 0.335 e. The Bertz CT molecular complexity index is 1290. The van der Waals surface area contributed by atoms with Crippen molar-refractivity contribution in [3.8, 4) is 0 Å². The molecule has 0 radical (unpaired) electrons. The van der Waals surface area contributed by atoms with Crippen molar-refractivity contribution in [1.29, 1.82) is 0 Å². The molecule has 1 aliphatic rings. The molecular weight excluding hydrogens is 496 g/mol. The molecule has 1 fully saturated rings. The van der Waals surface area contributed by atoms with Crippen LogP contribution < -0.4 is 15.5 Å². The molecule has 3 heterocycles. The molecule has 2 aromatic heterocycles. The van der Waals surface area contributed by atoms with Gasteiger partial charge in [0.2, 0.25) is 0 Å². The number of carbonyl (C=O) groups is 4. The first kappa shape index (κ1) is 24.3. The average molecular weight is 515 g/mol. The molecule has 35 heavy (non-hydrogen) atoms. The van der Waals surface area contributed by atoms with E-state index in [1.165, 1.54) is 35.4 Å². The van der Waals surface area contributed by atoms with Crippen LogP contribution in [0.1, 0.15) is 36.1 Å². The van der Waals surface area contributed by atoms with Crippen molar-refractivity contribution in [3.63, 3.8) is 0 Å². The van der Waals surface area contributed by atoms with E-state index in [-0.39, 0.29) is 41.9 Å². The van der Waals surface area contributed by atoms with E-state index in [0.29, 0.717) is 33.6 Å². The van der Waals surface area contributed by atoms with Crippen LogP contribution in [0.2, 0.25) is 4.34 Å². The van der Waals surface area contributed by atoms with Crippen LogP contribution in [0.25, 0.3) is 0 Å². The number of aromatic carboxylic acids is 1. The molecule has 4 rings (SSSR count). The lowest BCUT2D eigenvalue weighted by molar-refractivity contribution is -0.125. The number of amides is 3. The highest BCUT2D eigenvalue weighted by Crippen LogP contribution is 2.23. The lowest BCUT2D eigenvalue weighted by Crippen LogP contribution is -2.41. The Morgan fingerprint density at radius 3 is 2.63 bits per heavy atom. The van der Waals surface area contributed by atoms with Gasteiger partial charge < -0.3 is 25.4 Å². The number of carbonyl (C=O) groups excluding carboxylic acids is 3. The molecule has 12 heteroatoms. The third-order valence-corrected chi connectivity index (χ3v) is 6.35. The number of carboxylic acids is 1. The van der Waals surface area contributed by atoms with Crippen molar-refractivity contribution in [2.45, 2.75) is 6.54 Å². The molecule has 3 amide bonds. The Morgan fingerprint density at radius 2 is 1.97 bits per heavy atom. The summed E-state index contributed by atoms with van der Waals surface area (Å²) in [6.07, 6.45) is 1.42. The Hall–Kier alpha value is -3.80. The van der Waals surface area contributed by atoms with Crippen LogP contribution in [0, 0.1) is 0 Å². The number of halogens is 1. The summed E-state index contributed by atoms with van der Waals surface area (Å²) in [5.41, 5.74) is 1.29. The number of ether oxygens (including phenoxy) is 1. The summed E-state index contributed by atoms with van der Waals surface area (Å²) < 4.78 is 5.59. The van der Waals surface area contributed by atoms with Crippen molar-refractivity contribution in [2.75, 3.05) is 30.0 Å². The zero-order valence-corrected chi connectivity index (χ0v) is 19.7. The SMILES string of the molecule is O=C(O)c1ccc(CNC(=O)c2ccc(Cl)s2)c(NC(=O)c2ccc(N3CCOCC3=O)cn2)c1. The number of nitrogens with zero attached hydrogens (tertiary/aromatic N) is 2. The van der Waals surface area contributed by atoms with Gasteiger partial charge in [-0.25, -0.2) is 9.78 Å². The van der Waals surface area contributed by atoms with E-state index in [1.54, 1.807) is 18.2 Å². The normalized spacial score (nSPS) is 13.4. The second-order valence-electron chi connectivity index (χ2n) is 7.42. The average Bonchev–Trinajstić information content (AvgIpc) is 3.29. The minimum Gasteiger partial charge on any atom is -0.478 e. The van der Waals surface area contributed by atoms with Gasteiger partial charge in [-0.05, 0) is 42.0 Å². The molecule has 0 unspecified atom stereocenters. The van der Waals surface area contributed by atoms with Crippen molar-refractivity contribution < 1.29 is 29.0 Å². The zero-order valence-electron chi connectivity index (χ0n) is 18.1. The highest BCUT2D eigenvalue weighted by molar-refractivity contribution is 7.18. The summed E-state index contributed by atoms with van der Waals surface area (Å²) in [7, 11) is 0. The van der Waals surface area contributed by atoms with Gasteiger partial charge in [-0.2, -0.15) is 0 Å². The van der Waals surface area contributed by atoms with E-state index < -0.39 is 11.9 Å². The fraction of sp³-hybridized carbons (Fsp3) is 0.174. The number of rotatable bonds is 7. The van der Waals surface area contributed by atoms with E-state index >= 15 is 0 Å². The van der Waals surface area contributed by atoms with Gasteiger partial charge in [0.15, 0.2) is 0 Å². The predicted molar refractivity (Wildman–Crippen MR) is 129 cm³/mol. The van der Waals surface area contributed by atoms with Crippen LogP contribution in [0.3, 0.4) is 0 Å². The molecule has 1 aliphatic heterocycles. The number of thiophene rings is 1. The van der Waals surface area contributed by atoms with E-state index in [9.17, 15) is 24.3 Å². The van der Waals surface area contributed by atoms with Crippen LogP contribution in [0.4, 0.5) is 11.4 Å². The third-order valence-electron chi connectivity index (χ3n) is 5.12. The van der Waals surface area contributed by atoms with Crippen LogP contribution in [-0.4, -0.2) is 53.5 Å². The van der Waals surface area contributed by atoms with E-state index in [2.05, 4.69) is 15.6 Å². The summed E-state index contributed by atoms with van der Waals surface area (Å²) in [4.78, 5) is 54.7. The number of benzene rings is 1. The quantitative estimate of drug-likeness (QED) is 0.440. The Kier molecular flexibility index (Phi) is 7.39. The monoisotopic (exact) mass is 514 g/mol. The summed E-state index contributed by atoms with van der Waals surface area (Å²) in [6.45, 7) is 0.823. The predicted octanol–water partition coefficient (Wildman–Crippen LogP) is 3.04. The largest absolute Gasteiger partial charge is 0.478 e. The van der Waals surface area contributed by atoms with Crippen molar-refractivity contribution in [2.24, 2.45) is 0 Å². The molecule has 1 aromatic carbocycles. The number of nitrogens with one attached hydrogen (secondary N) is 2. The van der Waals surface area contributed by atoms with Gasteiger partial charge in [0.25, 0.3) is 17.7 Å². The van der Waals surface area contributed by atoms with Gasteiger partial charge in [-0.3, -0.25) is 14.4 Å². The summed E-state index contributed by atoms with van der Waals surface area (Å²) in [5, 5.41) is 14.7. The maximum Gasteiger partial charge on any atom is 0.335 e. The second-order valence-corrected chi connectivity index (χ2v) is 9.13. The molecule has 1 saturated heterocycles. The standard InChI is InChI=1S/C23H19ClN4O6S/c24-19-6-5-18(35-19)22(31)26-10-14-2-1-13(23(32)33)9-17(14)27-21(30)16-4-3-15(11-25-16)28-7-8-34-12-20(28)29/h1-6,9,11H,7-8,10,12H2,(H,26,31)(H,27,30)(H,32,33). The van der Waals surface area contributed by atoms with Crippen molar-refractivity contribution >= 4 is 58.0 Å². The fourth-order valence-electron chi connectivity index (χ4n) is 3.34. The van der Waals surface area contributed by atoms with Gasteiger partial charge in [-0.1, -0.05) is 17.7 Å². The first-order valence-electron chi connectivity index (χ1n) is 10.4. The van der Waals surface area contributed by atoms with Crippen LogP contribution in [-0.2, 0) is 16.1 Å². The Labute approximate surface area is 208 Å². The highest BCUT2D eigenvalue weighted by atomic mass is 35.5. The molecular formula is C23H19ClN4O6S. The molecule has 3 N–H and O–H groups in total. The first-order chi connectivity index (χ1) is 16.8. The van der Waals surface area contributed by atoms with Gasteiger partial charge in [0, 0.05) is 18.8 Å². The van der Waals surface area contributed by atoms with Gasteiger partial charge in [0.05, 0.1) is 33.3 Å². The maximum absolute atomic E-state index is 12.8. The highest BCUT2D eigenvalue weighted by Gasteiger charge is 2.21. The number of carboxylic acid groups (broad SMARTS) is 1. The Balaban J connectivity index is 1.50. The molecule has 180 valence electrons. The minimum atomic E-state index is -1.16. The summed E-state index contributed by atoms with van der Waals surface area (Å²) in [5.74, 6) is -2.29. The van der Waals surface area contributed by atoms with Crippen molar-refractivity contribution in [1.82, 2.24) is 10.3 Å². The summed E-state index contributed by atoms with van der Waals surface area (Å²) >= 11 is 7.00. The molecule has 3 aromatic rings. The van der Waals surface area contributed by atoms with Crippen LogP contribution in [0.15, 0.2) is 48.7 Å². The first-order valence-corrected chi connectivity index (χ1v) is 11.6. The maximum atomic E-state index is 12.8.